The summed E-state index contributed by atoms with van der Waals surface area (Å²) in [4.78, 5) is 16.4. The zero-order valence-electron chi connectivity index (χ0n) is 12.1. The van der Waals surface area contributed by atoms with Crippen molar-refractivity contribution in [3.8, 4) is 0 Å². The molecular weight excluding hydrogens is 266 g/mol. The van der Waals surface area contributed by atoms with Gasteiger partial charge in [0.1, 0.15) is 6.26 Å². The van der Waals surface area contributed by atoms with E-state index in [1.807, 2.05) is 25.1 Å². The Hall–Kier alpha value is -2.14. The molecule has 1 atom stereocenters. The highest BCUT2D eigenvalue weighted by Gasteiger charge is 2.22. The standard InChI is InChI=1S/C16H19N3O2/c1-11-4-2-5-12(8-11)9-18-15(20)14-10-21-16(19-14)13-6-3-7-17-13/h2,4-5,8,10,13,17H,3,6-7,9H2,1H3,(H,18,20). The molecule has 2 N–H and O–H groups in total. The average molecular weight is 285 g/mol. The lowest BCUT2D eigenvalue weighted by molar-refractivity contribution is 0.0946. The van der Waals surface area contributed by atoms with Crippen molar-refractivity contribution < 1.29 is 9.21 Å². The van der Waals surface area contributed by atoms with E-state index < -0.39 is 0 Å². The van der Waals surface area contributed by atoms with E-state index in [2.05, 4.69) is 21.7 Å². The topological polar surface area (TPSA) is 67.2 Å². The summed E-state index contributed by atoms with van der Waals surface area (Å²) < 4.78 is 5.41. The SMILES string of the molecule is Cc1cccc(CNC(=O)c2coc(C3CCCN3)n2)c1. The van der Waals surface area contributed by atoms with E-state index in [0.29, 0.717) is 18.1 Å². The molecule has 0 radical (unpaired) electrons. The third-order valence-corrected chi connectivity index (χ3v) is 3.65. The lowest BCUT2D eigenvalue weighted by atomic mass is 10.1. The number of hydrogen-bond acceptors (Lipinski definition) is 4. The smallest absolute Gasteiger partial charge is 0.273 e. The number of benzene rings is 1. The highest BCUT2D eigenvalue weighted by molar-refractivity contribution is 5.91. The molecule has 2 heterocycles. The molecule has 1 aliphatic rings. The fourth-order valence-electron chi connectivity index (χ4n) is 2.54. The van der Waals surface area contributed by atoms with E-state index in [4.69, 9.17) is 4.42 Å². The first-order valence-corrected chi connectivity index (χ1v) is 7.25. The van der Waals surface area contributed by atoms with E-state index >= 15 is 0 Å². The maximum Gasteiger partial charge on any atom is 0.273 e. The van der Waals surface area contributed by atoms with Gasteiger partial charge >= 0.3 is 0 Å². The van der Waals surface area contributed by atoms with Gasteiger partial charge in [-0.15, -0.1) is 0 Å². The van der Waals surface area contributed by atoms with Crippen molar-refractivity contribution in [1.29, 1.82) is 0 Å². The van der Waals surface area contributed by atoms with Gasteiger partial charge in [-0.2, -0.15) is 0 Å². The van der Waals surface area contributed by atoms with Crippen molar-refractivity contribution in [3.63, 3.8) is 0 Å². The summed E-state index contributed by atoms with van der Waals surface area (Å²) in [5, 5.41) is 6.17. The number of nitrogens with zero attached hydrogens (tertiary/aromatic N) is 1. The fourth-order valence-corrected chi connectivity index (χ4v) is 2.54. The first kappa shape index (κ1) is 13.8. The Bertz CT molecular complexity index is 630. The number of nitrogens with one attached hydrogen (secondary N) is 2. The molecule has 0 aliphatic carbocycles. The molecule has 1 aromatic heterocycles. The third kappa shape index (κ3) is 3.31. The van der Waals surface area contributed by atoms with Gasteiger partial charge in [0.05, 0.1) is 6.04 Å². The zero-order valence-corrected chi connectivity index (χ0v) is 12.1. The number of rotatable bonds is 4. The molecular formula is C16H19N3O2. The second-order valence-corrected chi connectivity index (χ2v) is 5.39. The van der Waals surface area contributed by atoms with Gasteiger partial charge in [-0.3, -0.25) is 4.79 Å². The lowest BCUT2D eigenvalue weighted by Crippen LogP contribution is -2.23. The number of carbonyl (C=O) groups excluding carboxylic acids is 1. The number of amides is 1. The van der Waals surface area contributed by atoms with Crippen LogP contribution in [-0.2, 0) is 6.54 Å². The number of hydrogen-bond donors (Lipinski definition) is 2. The first-order valence-electron chi connectivity index (χ1n) is 7.25. The van der Waals surface area contributed by atoms with Gasteiger partial charge in [0.15, 0.2) is 5.69 Å². The van der Waals surface area contributed by atoms with Gasteiger partial charge in [-0.25, -0.2) is 4.98 Å². The predicted octanol–water partition coefficient (Wildman–Crippen LogP) is 2.34. The maximum absolute atomic E-state index is 12.1. The minimum absolute atomic E-state index is 0.142. The van der Waals surface area contributed by atoms with Gasteiger partial charge in [0, 0.05) is 6.54 Å². The average Bonchev–Trinajstić information content (AvgIpc) is 3.15. The van der Waals surface area contributed by atoms with Crippen LogP contribution in [0.15, 0.2) is 34.9 Å². The van der Waals surface area contributed by atoms with E-state index in [9.17, 15) is 4.79 Å². The van der Waals surface area contributed by atoms with E-state index in [1.165, 1.54) is 11.8 Å². The molecule has 1 aromatic carbocycles. The molecule has 5 nitrogen and oxygen atoms in total. The first-order chi connectivity index (χ1) is 10.2. The van der Waals surface area contributed by atoms with E-state index in [0.717, 1.165) is 24.9 Å². The molecule has 3 rings (SSSR count). The fraction of sp³-hybridized carbons (Fsp3) is 0.375. The number of aryl methyl sites for hydroxylation is 1. The van der Waals surface area contributed by atoms with Crippen LogP contribution >= 0.6 is 0 Å². The summed E-state index contributed by atoms with van der Waals surface area (Å²) in [7, 11) is 0. The Morgan fingerprint density at radius 3 is 3.19 bits per heavy atom. The van der Waals surface area contributed by atoms with Crippen LogP contribution in [0.2, 0.25) is 0 Å². The third-order valence-electron chi connectivity index (χ3n) is 3.65. The highest BCUT2D eigenvalue weighted by Crippen LogP contribution is 2.22. The zero-order chi connectivity index (χ0) is 14.7. The van der Waals surface area contributed by atoms with Crippen LogP contribution in [0.5, 0.6) is 0 Å². The monoisotopic (exact) mass is 285 g/mol. The highest BCUT2D eigenvalue weighted by atomic mass is 16.3. The Morgan fingerprint density at radius 2 is 2.43 bits per heavy atom. The number of carbonyl (C=O) groups is 1. The molecule has 1 saturated heterocycles. The van der Waals surface area contributed by atoms with Gasteiger partial charge in [-0.1, -0.05) is 29.8 Å². The van der Waals surface area contributed by atoms with Crippen LogP contribution in [0.3, 0.4) is 0 Å². The van der Waals surface area contributed by atoms with Crippen molar-refractivity contribution in [3.05, 3.63) is 53.2 Å². The molecule has 110 valence electrons. The van der Waals surface area contributed by atoms with Crippen molar-refractivity contribution >= 4 is 5.91 Å². The Balaban J connectivity index is 1.60. The summed E-state index contributed by atoms with van der Waals surface area (Å²) in [6.07, 6.45) is 3.55. The molecule has 1 fully saturated rings. The normalized spacial score (nSPS) is 17.9. The second kappa shape index (κ2) is 6.10. The second-order valence-electron chi connectivity index (χ2n) is 5.39. The lowest BCUT2D eigenvalue weighted by Gasteiger charge is -2.04. The van der Waals surface area contributed by atoms with Crippen LogP contribution in [0.4, 0.5) is 0 Å². The Labute approximate surface area is 123 Å². The molecule has 0 saturated carbocycles. The molecule has 1 amide bonds. The van der Waals surface area contributed by atoms with Crippen molar-refractivity contribution in [2.24, 2.45) is 0 Å². The van der Waals surface area contributed by atoms with Gasteiger partial charge in [0.2, 0.25) is 5.89 Å². The molecule has 1 aliphatic heterocycles. The van der Waals surface area contributed by atoms with Crippen molar-refractivity contribution in [1.82, 2.24) is 15.6 Å². The summed E-state index contributed by atoms with van der Waals surface area (Å²) in [5.74, 6) is 0.401. The van der Waals surface area contributed by atoms with Gasteiger partial charge in [0.25, 0.3) is 5.91 Å². The summed E-state index contributed by atoms with van der Waals surface area (Å²) in [5.41, 5.74) is 2.59. The van der Waals surface area contributed by atoms with Crippen molar-refractivity contribution in [2.75, 3.05) is 6.54 Å². The summed E-state index contributed by atoms with van der Waals surface area (Å²) in [6.45, 7) is 3.50. The molecule has 2 aromatic rings. The van der Waals surface area contributed by atoms with Crippen molar-refractivity contribution in [2.45, 2.75) is 32.4 Å². The number of oxazole rings is 1. The molecule has 0 spiro atoms. The quantitative estimate of drug-likeness (QED) is 0.905. The van der Waals surface area contributed by atoms with Crippen LogP contribution in [0.25, 0.3) is 0 Å². The Kier molecular flexibility index (Phi) is 4.01. The summed E-state index contributed by atoms with van der Waals surface area (Å²) in [6, 6.07) is 8.20. The summed E-state index contributed by atoms with van der Waals surface area (Å²) >= 11 is 0. The Morgan fingerprint density at radius 1 is 1.52 bits per heavy atom. The minimum Gasteiger partial charge on any atom is -0.446 e. The molecule has 21 heavy (non-hydrogen) atoms. The molecule has 1 unspecified atom stereocenters. The predicted molar refractivity (Wildman–Crippen MR) is 78.8 cm³/mol. The van der Waals surface area contributed by atoms with Gasteiger partial charge < -0.3 is 15.1 Å². The van der Waals surface area contributed by atoms with E-state index in [1.54, 1.807) is 0 Å². The maximum atomic E-state index is 12.1. The van der Waals surface area contributed by atoms with Crippen LogP contribution < -0.4 is 10.6 Å². The largest absolute Gasteiger partial charge is 0.446 e. The molecule has 5 heteroatoms. The number of aromatic nitrogens is 1. The van der Waals surface area contributed by atoms with Crippen LogP contribution in [0, 0.1) is 6.92 Å². The minimum atomic E-state index is -0.204. The van der Waals surface area contributed by atoms with Crippen LogP contribution in [0.1, 0.15) is 46.4 Å². The van der Waals surface area contributed by atoms with E-state index in [-0.39, 0.29) is 11.9 Å². The van der Waals surface area contributed by atoms with Gasteiger partial charge in [-0.05, 0) is 31.9 Å². The van der Waals surface area contributed by atoms with Crippen LogP contribution in [-0.4, -0.2) is 17.4 Å². The molecule has 0 bridgehead atoms.